The largest absolute Gasteiger partial charge is 0.451 e. The molecule has 1 amide bonds. The molecule has 1 aliphatic rings. The number of imidazole rings is 1. The van der Waals surface area contributed by atoms with Gasteiger partial charge in [-0.05, 0) is 56.0 Å². The zero-order chi connectivity index (χ0) is 18.5. The van der Waals surface area contributed by atoms with Crippen LogP contribution >= 0.6 is 0 Å². The number of nitrogens with zero attached hydrogens (tertiary/aromatic N) is 2. The lowest BCUT2D eigenvalue weighted by atomic mass is 10.2. The molecule has 27 heavy (non-hydrogen) atoms. The highest BCUT2D eigenvalue weighted by Crippen LogP contribution is 2.34. The molecule has 5 rings (SSSR count). The Morgan fingerprint density at radius 3 is 2.96 bits per heavy atom. The lowest BCUT2D eigenvalue weighted by Crippen LogP contribution is -2.30. The molecule has 0 radical (unpaired) electrons. The molecule has 2 aromatic heterocycles. The summed E-state index contributed by atoms with van der Waals surface area (Å²) in [5.41, 5.74) is 4.97. The number of aryl methyl sites for hydroxylation is 2. The lowest BCUT2D eigenvalue weighted by molar-refractivity contribution is 0.0700. The van der Waals surface area contributed by atoms with Gasteiger partial charge in [-0.3, -0.25) is 4.79 Å². The summed E-state index contributed by atoms with van der Waals surface area (Å²) in [6, 6.07) is 13.9. The molecule has 1 atom stereocenters. The first kappa shape index (κ1) is 16.1. The number of hydrogen-bond acceptors (Lipinski definition) is 3. The van der Waals surface area contributed by atoms with E-state index in [1.807, 2.05) is 42.2 Å². The van der Waals surface area contributed by atoms with Gasteiger partial charge in [0.15, 0.2) is 5.76 Å². The number of para-hydroxylation sites is 1. The van der Waals surface area contributed by atoms with E-state index in [2.05, 4.69) is 24.0 Å². The smallest absolute Gasteiger partial charge is 0.290 e. The Morgan fingerprint density at radius 2 is 2.11 bits per heavy atom. The number of benzene rings is 2. The molecular weight excluding hydrogens is 338 g/mol. The summed E-state index contributed by atoms with van der Waals surface area (Å²) in [5, 5.41) is 0.966. The molecular formula is C22H21N3O2. The van der Waals surface area contributed by atoms with Crippen molar-refractivity contribution in [1.82, 2.24) is 14.9 Å². The van der Waals surface area contributed by atoms with Crippen molar-refractivity contribution in [3.63, 3.8) is 0 Å². The van der Waals surface area contributed by atoms with Crippen LogP contribution in [-0.4, -0.2) is 27.3 Å². The first-order chi connectivity index (χ1) is 13.1. The molecule has 1 unspecified atom stereocenters. The molecule has 0 spiro atoms. The number of carbonyl (C=O) groups is 1. The molecule has 3 heterocycles. The van der Waals surface area contributed by atoms with Crippen LogP contribution in [0.4, 0.5) is 0 Å². The number of carbonyl (C=O) groups excluding carboxylic acids is 1. The number of nitrogens with one attached hydrogen (secondary N) is 1. The first-order valence-corrected chi connectivity index (χ1v) is 9.36. The maximum absolute atomic E-state index is 13.2. The minimum atomic E-state index is -0.0651. The summed E-state index contributed by atoms with van der Waals surface area (Å²) in [5.74, 6) is 1.19. The molecule has 136 valence electrons. The zero-order valence-electron chi connectivity index (χ0n) is 15.5. The molecule has 0 saturated carbocycles. The Morgan fingerprint density at radius 1 is 1.22 bits per heavy atom. The summed E-state index contributed by atoms with van der Waals surface area (Å²) in [4.78, 5) is 23.2. The van der Waals surface area contributed by atoms with Crippen LogP contribution < -0.4 is 0 Å². The van der Waals surface area contributed by atoms with E-state index >= 15 is 0 Å². The Labute approximate surface area is 157 Å². The maximum Gasteiger partial charge on any atom is 0.290 e. The average Bonchev–Trinajstić information content (AvgIpc) is 3.38. The fourth-order valence-electron chi connectivity index (χ4n) is 4.05. The van der Waals surface area contributed by atoms with E-state index in [9.17, 15) is 4.79 Å². The highest BCUT2D eigenvalue weighted by molar-refractivity contribution is 5.97. The van der Waals surface area contributed by atoms with Gasteiger partial charge in [0.25, 0.3) is 5.91 Å². The van der Waals surface area contributed by atoms with Crippen LogP contribution in [0.25, 0.3) is 22.0 Å². The number of likely N-dealkylation sites (tertiary alicyclic amines) is 1. The third kappa shape index (κ3) is 2.62. The molecule has 1 fully saturated rings. The Balaban J connectivity index is 1.50. The highest BCUT2D eigenvalue weighted by Gasteiger charge is 2.34. The standard InChI is InChI=1S/C22H21N3O2/c1-13-8-9-16-17(11-13)24-21(23-16)18-7-4-10-25(18)22(26)19-12-15-6-3-5-14(2)20(15)27-19/h3,5-6,8-9,11-12,18H,4,7,10H2,1-2H3,(H,23,24). The van der Waals surface area contributed by atoms with Gasteiger partial charge >= 0.3 is 0 Å². The SMILES string of the molecule is Cc1ccc2nc(C3CCCN3C(=O)c3cc4cccc(C)c4o3)[nH]c2c1. The van der Waals surface area contributed by atoms with E-state index < -0.39 is 0 Å². The van der Waals surface area contributed by atoms with E-state index in [0.29, 0.717) is 5.76 Å². The van der Waals surface area contributed by atoms with Gasteiger partial charge in [0.05, 0.1) is 17.1 Å². The van der Waals surface area contributed by atoms with Crippen LogP contribution in [0.5, 0.6) is 0 Å². The molecule has 0 bridgehead atoms. The normalized spacial score (nSPS) is 17.3. The highest BCUT2D eigenvalue weighted by atomic mass is 16.3. The molecule has 5 nitrogen and oxygen atoms in total. The molecule has 4 aromatic rings. The number of furan rings is 1. The van der Waals surface area contributed by atoms with Crippen LogP contribution in [0.3, 0.4) is 0 Å². The zero-order valence-corrected chi connectivity index (χ0v) is 15.5. The number of hydrogen-bond donors (Lipinski definition) is 1. The Bertz CT molecular complexity index is 1170. The molecule has 1 aliphatic heterocycles. The maximum atomic E-state index is 13.2. The van der Waals surface area contributed by atoms with Gasteiger partial charge in [0.1, 0.15) is 11.4 Å². The number of aromatic nitrogens is 2. The number of aromatic amines is 1. The molecule has 0 aliphatic carbocycles. The van der Waals surface area contributed by atoms with Crippen LogP contribution in [0, 0.1) is 13.8 Å². The fourth-order valence-corrected chi connectivity index (χ4v) is 4.05. The molecule has 1 N–H and O–H groups in total. The van der Waals surface area contributed by atoms with Gasteiger partial charge in [-0.25, -0.2) is 4.98 Å². The molecule has 2 aromatic carbocycles. The average molecular weight is 359 g/mol. The fraction of sp³-hybridized carbons (Fsp3) is 0.273. The topological polar surface area (TPSA) is 62.1 Å². The van der Waals surface area contributed by atoms with Crippen LogP contribution in [0.1, 0.15) is 46.4 Å². The lowest BCUT2D eigenvalue weighted by Gasteiger charge is -2.22. The number of amides is 1. The monoisotopic (exact) mass is 359 g/mol. The number of fused-ring (bicyclic) bond motifs is 2. The molecule has 5 heteroatoms. The summed E-state index contributed by atoms with van der Waals surface area (Å²) in [7, 11) is 0. The van der Waals surface area contributed by atoms with Crippen molar-refractivity contribution in [2.75, 3.05) is 6.54 Å². The predicted octanol–water partition coefficient (Wildman–Crippen LogP) is 4.90. The van der Waals surface area contributed by atoms with Crippen molar-refractivity contribution in [2.24, 2.45) is 0 Å². The van der Waals surface area contributed by atoms with Crippen molar-refractivity contribution in [2.45, 2.75) is 32.7 Å². The van der Waals surface area contributed by atoms with Crippen LogP contribution in [-0.2, 0) is 0 Å². The summed E-state index contributed by atoms with van der Waals surface area (Å²) in [6.45, 7) is 4.78. The van der Waals surface area contributed by atoms with E-state index in [0.717, 1.165) is 52.8 Å². The van der Waals surface area contributed by atoms with Gasteiger partial charge in [-0.15, -0.1) is 0 Å². The number of rotatable bonds is 2. The minimum absolute atomic E-state index is 0.0421. The van der Waals surface area contributed by atoms with E-state index in [1.165, 1.54) is 5.56 Å². The van der Waals surface area contributed by atoms with E-state index in [-0.39, 0.29) is 11.9 Å². The second-order valence-electron chi connectivity index (χ2n) is 7.40. The van der Waals surface area contributed by atoms with Crippen LogP contribution in [0.2, 0.25) is 0 Å². The number of H-pyrrole nitrogens is 1. The van der Waals surface area contributed by atoms with E-state index in [1.54, 1.807) is 0 Å². The van der Waals surface area contributed by atoms with Crippen LogP contribution in [0.15, 0.2) is 46.9 Å². The van der Waals surface area contributed by atoms with Gasteiger partial charge < -0.3 is 14.3 Å². The Hall–Kier alpha value is -3.08. The molecule has 1 saturated heterocycles. The second kappa shape index (κ2) is 5.98. The van der Waals surface area contributed by atoms with Crippen molar-refractivity contribution in [3.8, 4) is 0 Å². The van der Waals surface area contributed by atoms with Crippen molar-refractivity contribution >= 4 is 27.9 Å². The van der Waals surface area contributed by atoms with Gasteiger partial charge in [0.2, 0.25) is 0 Å². The van der Waals surface area contributed by atoms with Crippen molar-refractivity contribution in [1.29, 1.82) is 0 Å². The summed E-state index contributed by atoms with van der Waals surface area (Å²) >= 11 is 0. The third-order valence-corrected chi connectivity index (χ3v) is 5.44. The van der Waals surface area contributed by atoms with Gasteiger partial charge in [-0.2, -0.15) is 0 Å². The summed E-state index contributed by atoms with van der Waals surface area (Å²) < 4.78 is 5.91. The van der Waals surface area contributed by atoms with Crippen molar-refractivity contribution < 1.29 is 9.21 Å². The second-order valence-corrected chi connectivity index (χ2v) is 7.40. The Kier molecular flexibility index (Phi) is 3.57. The predicted molar refractivity (Wildman–Crippen MR) is 105 cm³/mol. The van der Waals surface area contributed by atoms with Crippen molar-refractivity contribution in [3.05, 3.63) is 65.2 Å². The third-order valence-electron chi connectivity index (χ3n) is 5.44. The van der Waals surface area contributed by atoms with Gasteiger partial charge in [-0.1, -0.05) is 24.3 Å². The first-order valence-electron chi connectivity index (χ1n) is 9.36. The van der Waals surface area contributed by atoms with E-state index in [4.69, 9.17) is 9.40 Å². The van der Waals surface area contributed by atoms with Gasteiger partial charge in [0, 0.05) is 11.9 Å². The minimum Gasteiger partial charge on any atom is -0.451 e. The summed E-state index contributed by atoms with van der Waals surface area (Å²) in [6.07, 6.45) is 1.87. The quantitative estimate of drug-likeness (QED) is 0.553.